The quantitative estimate of drug-likeness (QED) is 0.660. The first-order valence-corrected chi connectivity index (χ1v) is 7.91. The lowest BCUT2D eigenvalue weighted by Crippen LogP contribution is -2.23. The van der Waals surface area contributed by atoms with Crippen LogP contribution in [0.25, 0.3) is 0 Å². The number of amidine groups is 1. The molecule has 1 heterocycles. The minimum Gasteiger partial charge on any atom is -0.497 e. The van der Waals surface area contributed by atoms with Crippen molar-refractivity contribution >= 4 is 23.5 Å². The van der Waals surface area contributed by atoms with Gasteiger partial charge in [-0.05, 0) is 37.1 Å². The van der Waals surface area contributed by atoms with Crippen molar-refractivity contribution in [1.29, 1.82) is 0 Å². The predicted molar refractivity (Wildman–Crippen MR) is 98.8 cm³/mol. The number of aldehydes is 1. The molecule has 2 aromatic carbocycles. The molecule has 6 nitrogen and oxygen atoms in total. The zero-order valence-electron chi connectivity index (χ0n) is 14.7. The largest absolute Gasteiger partial charge is 0.497 e. The second-order valence-electron chi connectivity index (χ2n) is 6.00. The van der Waals surface area contributed by atoms with Gasteiger partial charge in [0.2, 0.25) is 0 Å². The maximum atomic E-state index is 11.7. The number of nitrogens with one attached hydrogen (secondary N) is 1. The number of rotatable bonds is 4. The number of hydrogen-bond donors (Lipinski definition) is 2. The molecular formula is C19H21N3O3. The van der Waals surface area contributed by atoms with Gasteiger partial charge in [0.05, 0.1) is 19.9 Å². The molecule has 3 rings (SSSR count). The molecule has 1 atom stereocenters. The number of hydrogen-bond acceptors (Lipinski definition) is 6. The average molecular weight is 339 g/mol. The third-order valence-corrected chi connectivity index (χ3v) is 4.38. The zero-order valence-corrected chi connectivity index (χ0v) is 14.7. The molecule has 0 fully saturated rings. The Morgan fingerprint density at radius 3 is 2.36 bits per heavy atom. The van der Waals surface area contributed by atoms with Crippen LogP contribution in [0.2, 0.25) is 0 Å². The molecule has 0 saturated carbocycles. The minimum absolute atomic E-state index is 0.561. The van der Waals surface area contributed by atoms with Gasteiger partial charge < -0.3 is 25.3 Å². The standard InChI is InChI=1S/C19H21N3O3/c1-10-5-12(6-11(2)18(10)20)19-21-14-7-13(24-3)8-16(25-4)17(14)15(9-23)22-19/h5-9,15H,20H2,1-4H3,(H,21,22). The maximum Gasteiger partial charge on any atom is 0.149 e. The van der Waals surface area contributed by atoms with Gasteiger partial charge in [0.1, 0.15) is 29.7 Å². The third kappa shape index (κ3) is 2.91. The number of ether oxygens (including phenoxy) is 2. The van der Waals surface area contributed by atoms with Gasteiger partial charge >= 0.3 is 0 Å². The number of anilines is 2. The highest BCUT2D eigenvalue weighted by atomic mass is 16.5. The summed E-state index contributed by atoms with van der Waals surface area (Å²) in [4.78, 5) is 16.2. The Kier molecular flexibility index (Phi) is 4.35. The summed E-state index contributed by atoms with van der Waals surface area (Å²) in [6, 6.07) is 6.84. The molecule has 3 N–H and O–H groups in total. The Morgan fingerprint density at radius 2 is 1.80 bits per heavy atom. The number of nitrogens with zero attached hydrogens (tertiary/aromatic N) is 1. The first-order chi connectivity index (χ1) is 12.0. The summed E-state index contributed by atoms with van der Waals surface area (Å²) in [5.41, 5.74) is 11.1. The highest BCUT2D eigenvalue weighted by Crippen LogP contribution is 2.40. The summed E-state index contributed by atoms with van der Waals surface area (Å²) in [5, 5.41) is 3.29. The van der Waals surface area contributed by atoms with Crippen LogP contribution in [-0.4, -0.2) is 26.3 Å². The summed E-state index contributed by atoms with van der Waals surface area (Å²) in [7, 11) is 3.14. The van der Waals surface area contributed by atoms with E-state index in [1.54, 1.807) is 20.3 Å². The zero-order chi connectivity index (χ0) is 18.1. The first kappa shape index (κ1) is 16.8. The van der Waals surface area contributed by atoms with E-state index >= 15 is 0 Å². The Balaban J connectivity index is 2.13. The van der Waals surface area contributed by atoms with Gasteiger partial charge in [-0.3, -0.25) is 4.99 Å². The van der Waals surface area contributed by atoms with E-state index in [2.05, 4.69) is 10.3 Å². The lowest BCUT2D eigenvalue weighted by molar-refractivity contribution is -0.108. The molecule has 1 aliphatic rings. The Hall–Kier alpha value is -3.02. The fourth-order valence-electron chi connectivity index (χ4n) is 3.02. The lowest BCUT2D eigenvalue weighted by atomic mass is 9.99. The number of nitrogen functional groups attached to an aromatic ring is 1. The van der Waals surface area contributed by atoms with E-state index < -0.39 is 6.04 Å². The fourth-order valence-corrected chi connectivity index (χ4v) is 3.02. The van der Waals surface area contributed by atoms with Gasteiger partial charge in [0.25, 0.3) is 0 Å². The second kappa shape index (κ2) is 6.47. The van der Waals surface area contributed by atoms with Gasteiger partial charge in [-0.25, -0.2) is 0 Å². The van der Waals surface area contributed by atoms with Gasteiger partial charge in [-0.15, -0.1) is 0 Å². The smallest absolute Gasteiger partial charge is 0.149 e. The number of methoxy groups -OCH3 is 2. The summed E-state index contributed by atoms with van der Waals surface area (Å²) >= 11 is 0. The second-order valence-corrected chi connectivity index (χ2v) is 6.00. The molecule has 0 aromatic heterocycles. The molecule has 0 spiro atoms. The van der Waals surface area contributed by atoms with E-state index in [0.29, 0.717) is 22.9 Å². The lowest BCUT2D eigenvalue weighted by Gasteiger charge is -2.25. The molecule has 0 radical (unpaired) electrons. The van der Waals surface area contributed by atoms with Crippen LogP contribution in [0.15, 0.2) is 29.3 Å². The average Bonchev–Trinajstić information content (AvgIpc) is 2.63. The molecule has 0 bridgehead atoms. The van der Waals surface area contributed by atoms with Crippen LogP contribution in [0.4, 0.5) is 11.4 Å². The molecule has 0 amide bonds. The number of carbonyl (C=O) groups excluding carboxylic acids is 1. The van der Waals surface area contributed by atoms with E-state index in [-0.39, 0.29) is 0 Å². The number of benzene rings is 2. The number of carbonyl (C=O) groups is 1. The van der Waals surface area contributed by atoms with Gasteiger partial charge in [-0.1, -0.05) is 0 Å². The summed E-state index contributed by atoms with van der Waals surface area (Å²) in [5.74, 6) is 1.82. The molecule has 6 heteroatoms. The number of fused-ring (bicyclic) bond motifs is 1. The van der Waals surface area contributed by atoms with E-state index in [4.69, 9.17) is 15.2 Å². The normalized spacial score (nSPS) is 15.7. The topological polar surface area (TPSA) is 85.9 Å². The van der Waals surface area contributed by atoms with Crippen LogP contribution in [0.5, 0.6) is 11.5 Å². The number of nitrogens with two attached hydrogens (primary N) is 1. The van der Waals surface area contributed by atoms with Crippen molar-refractivity contribution in [3.8, 4) is 11.5 Å². The van der Waals surface area contributed by atoms with E-state index in [0.717, 1.165) is 34.4 Å². The Bertz CT molecular complexity index is 851. The third-order valence-electron chi connectivity index (χ3n) is 4.38. The van der Waals surface area contributed by atoms with Crippen molar-refractivity contribution in [3.05, 3.63) is 46.5 Å². The van der Waals surface area contributed by atoms with Crippen LogP contribution in [0.3, 0.4) is 0 Å². The van der Waals surface area contributed by atoms with Crippen molar-refractivity contribution in [1.82, 2.24) is 0 Å². The molecule has 0 saturated heterocycles. The predicted octanol–water partition coefficient (Wildman–Crippen LogP) is 3.02. The van der Waals surface area contributed by atoms with Crippen LogP contribution < -0.4 is 20.5 Å². The summed E-state index contributed by atoms with van der Waals surface area (Å²) in [6.07, 6.45) is 0.811. The van der Waals surface area contributed by atoms with Crippen molar-refractivity contribution in [2.45, 2.75) is 19.9 Å². The SMILES string of the molecule is COc1cc2c(c(OC)c1)C(C=O)N=C(c1cc(C)c(N)c(C)c1)N2. The van der Waals surface area contributed by atoms with Gasteiger partial charge in [0, 0.05) is 28.9 Å². The molecule has 2 aromatic rings. The Labute approximate surface area is 146 Å². The van der Waals surface area contributed by atoms with Crippen LogP contribution >= 0.6 is 0 Å². The summed E-state index contributed by atoms with van der Waals surface area (Å²) < 4.78 is 10.7. The van der Waals surface area contributed by atoms with Crippen molar-refractivity contribution in [2.75, 3.05) is 25.3 Å². The highest BCUT2D eigenvalue weighted by molar-refractivity contribution is 6.11. The molecule has 25 heavy (non-hydrogen) atoms. The van der Waals surface area contributed by atoms with Crippen LogP contribution in [-0.2, 0) is 4.79 Å². The highest BCUT2D eigenvalue weighted by Gasteiger charge is 2.27. The summed E-state index contributed by atoms with van der Waals surface area (Å²) in [6.45, 7) is 3.90. The molecule has 1 unspecified atom stereocenters. The first-order valence-electron chi connectivity index (χ1n) is 7.91. The van der Waals surface area contributed by atoms with Crippen LogP contribution in [0, 0.1) is 13.8 Å². The maximum absolute atomic E-state index is 11.7. The fraction of sp³-hybridized carbons (Fsp3) is 0.263. The van der Waals surface area contributed by atoms with Crippen molar-refractivity contribution in [2.24, 2.45) is 4.99 Å². The van der Waals surface area contributed by atoms with E-state index in [9.17, 15) is 4.79 Å². The molecular weight excluding hydrogens is 318 g/mol. The van der Waals surface area contributed by atoms with Gasteiger partial charge in [-0.2, -0.15) is 0 Å². The number of aryl methyl sites for hydroxylation is 2. The van der Waals surface area contributed by atoms with Crippen LogP contribution in [0.1, 0.15) is 28.3 Å². The van der Waals surface area contributed by atoms with Crippen molar-refractivity contribution < 1.29 is 14.3 Å². The minimum atomic E-state index is -0.648. The van der Waals surface area contributed by atoms with E-state index in [1.807, 2.05) is 32.0 Å². The van der Waals surface area contributed by atoms with Crippen molar-refractivity contribution in [3.63, 3.8) is 0 Å². The van der Waals surface area contributed by atoms with Gasteiger partial charge in [0.15, 0.2) is 0 Å². The number of aliphatic imine (C=N–C) groups is 1. The Morgan fingerprint density at radius 1 is 1.12 bits per heavy atom. The molecule has 130 valence electrons. The molecule has 0 aliphatic carbocycles. The molecule has 1 aliphatic heterocycles. The van der Waals surface area contributed by atoms with E-state index in [1.165, 1.54) is 0 Å². The monoisotopic (exact) mass is 339 g/mol.